The van der Waals surface area contributed by atoms with Crippen LogP contribution >= 0.6 is 11.8 Å². The number of halogens is 1. The van der Waals surface area contributed by atoms with Gasteiger partial charge in [-0.05, 0) is 65.7 Å². The number of ether oxygens (including phenoxy) is 1. The van der Waals surface area contributed by atoms with Gasteiger partial charge in [0.25, 0.3) is 0 Å². The number of nitrogens with zero attached hydrogens (tertiary/aromatic N) is 4. The van der Waals surface area contributed by atoms with Crippen molar-refractivity contribution in [3.8, 4) is 11.4 Å². The topological polar surface area (TPSA) is 52.8 Å². The second kappa shape index (κ2) is 7.00. The van der Waals surface area contributed by atoms with Gasteiger partial charge in [0.1, 0.15) is 11.6 Å². The van der Waals surface area contributed by atoms with Gasteiger partial charge in [0.2, 0.25) is 5.16 Å². The maximum Gasteiger partial charge on any atom is 0.214 e. The lowest BCUT2D eigenvalue weighted by molar-refractivity contribution is 0.410. The van der Waals surface area contributed by atoms with Crippen molar-refractivity contribution < 1.29 is 9.13 Å². The molecular weight excluding hydrogens is 327 g/mol. The molecule has 1 heterocycles. The highest BCUT2D eigenvalue weighted by Crippen LogP contribution is 2.28. The predicted octanol–water partition coefficient (Wildman–Crippen LogP) is 3.72. The quantitative estimate of drug-likeness (QED) is 0.660. The van der Waals surface area contributed by atoms with Crippen LogP contribution in [0, 0.1) is 19.7 Å². The molecule has 0 fully saturated rings. The van der Waals surface area contributed by atoms with Gasteiger partial charge >= 0.3 is 0 Å². The molecule has 0 radical (unpaired) electrons. The van der Waals surface area contributed by atoms with Gasteiger partial charge in [0, 0.05) is 11.3 Å². The number of benzene rings is 2. The third kappa shape index (κ3) is 3.56. The summed E-state index contributed by atoms with van der Waals surface area (Å²) in [4.78, 5) is 0. The molecule has 24 heavy (non-hydrogen) atoms. The van der Waals surface area contributed by atoms with Gasteiger partial charge in [-0.25, -0.2) is 4.39 Å². The van der Waals surface area contributed by atoms with E-state index in [1.54, 1.807) is 17.9 Å². The summed E-state index contributed by atoms with van der Waals surface area (Å²) >= 11 is 1.43. The zero-order chi connectivity index (χ0) is 17.1. The Morgan fingerprint density at radius 1 is 1.12 bits per heavy atom. The van der Waals surface area contributed by atoms with Gasteiger partial charge in [-0.3, -0.25) is 0 Å². The standard InChI is InChI=1S/C17H17FN4OS/c1-11-6-12(2)8-15(7-11)22-17(19-20-21-22)24-10-13-9-14(18)4-5-16(13)23-3/h4-9H,10H2,1-3H3. The van der Waals surface area contributed by atoms with Gasteiger partial charge in [-0.1, -0.05) is 17.8 Å². The molecular formula is C17H17FN4OS. The summed E-state index contributed by atoms with van der Waals surface area (Å²) in [6.07, 6.45) is 0. The number of aromatic nitrogens is 4. The van der Waals surface area contributed by atoms with Crippen molar-refractivity contribution in [1.29, 1.82) is 0 Å². The molecule has 0 amide bonds. The Morgan fingerprint density at radius 2 is 1.88 bits per heavy atom. The maximum atomic E-state index is 13.5. The molecule has 2 aromatic carbocycles. The monoisotopic (exact) mass is 344 g/mol. The van der Waals surface area contributed by atoms with E-state index >= 15 is 0 Å². The van der Waals surface area contributed by atoms with Crippen molar-refractivity contribution in [1.82, 2.24) is 20.2 Å². The van der Waals surface area contributed by atoms with E-state index in [1.165, 1.54) is 23.9 Å². The van der Waals surface area contributed by atoms with E-state index in [1.807, 2.05) is 26.0 Å². The highest BCUT2D eigenvalue weighted by molar-refractivity contribution is 7.98. The molecule has 0 aliphatic heterocycles. The van der Waals surface area contributed by atoms with Gasteiger partial charge in [0.05, 0.1) is 12.8 Å². The number of methoxy groups -OCH3 is 1. The minimum absolute atomic E-state index is 0.291. The number of hydrogen-bond donors (Lipinski definition) is 0. The van der Waals surface area contributed by atoms with E-state index in [4.69, 9.17) is 4.74 Å². The summed E-state index contributed by atoms with van der Waals surface area (Å²) in [6, 6.07) is 10.6. The molecule has 7 heteroatoms. The molecule has 5 nitrogen and oxygen atoms in total. The van der Waals surface area contributed by atoms with Gasteiger partial charge in [-0.15, -0.1) is 5.10 Å². The molecule has 0 N–H and O–H groups in total. The smallest absolute Gasteiger partial charge is 0.214 e. The van der Waals surface area contributed by atoms with Crippen LogP contribution in [0.1, 0.15) is 16.7 Å². The maximum absolute atomic E-state index is 13.5. The molecule has 0 atom stereocenters. The number of hydrogen-bond acceptors (Lipinski definition) is 5. The highest BCUT2D eigenvalue weighted by atomic mass is 32.2. The van der Waals surface area contributed by atoms with E-state index < -0.39 is 0 Å². The third-order valence-corrected chi connectivity index (χ3v) is 4.46. The molecule has 124 valence electrons. The van der Waals surface area contributed by atoms with E-state index in [-0.39, 0.29) is 5.82 Å². The number of rotatable bonds is 5. The second-order valence-electron chi connectivity index (χ2n) is 5.46. The summed E-state index contributed by atoms with van der Waals surface area (Å²) < 4.78 is 20.4. The fourth-order valence-corrected chi connectivity index (χ4v) is 3.37. The van der Waals surface area contributed by atoms with Gasteiger partial charge in [0.15, 0.2) is 0 Å². The van der Waals surface area contributed by atoms with Gasteiger partial charge < -0.3 is 4.74 Å². The first-order valence-electron chi connectivity index (χ1n) is 7.39. The average molecular weight is 344 g/mol. The predicted molar refractivity (Wildman–Crippen MR) is 91.1 cm³/mol. The van der Waals surface area contributed by atoms with Crippen molar-refractivity contribution in [2.75, 3.05) is 7.11 Å². The largest absolute Gasteiger partial charge is 0.496 e. The number of aryl methyl sites for hydroxylation is 2. The van der Waals surface area contributed by atoms with E-state index in [0.29, 0.717) is 16.7 Å². The van der Waals surface area contributed by atoms with Crippen LogP contribution in [-0.2, 0) is 5.75 Å². The Hall–Kier alpha value is -2.41. The first-order chi connectivity index (χ1) is 11.6. The fraction of sp³-hybridized carbons (Fsp3) is 0.235. The summed E-state index contributed by atoms with van der Waals surface area (Å²) in [5.41, 5.74) is 3.95. The van der Waals surface area contributed by atoms with Crippen LogP contribution in [0.25, 0.3) is 5.69 Å². The van der Waals surface area contributed by atoms with Crippen molar-refractivity contribution in [3.63, 3.8) is 0 Å². The highest BCUT2D eigenvalue weighted by Gasteiger charge is 2.12. The zero-order valence-corrected chi connectivity index (χ0v) is 14.5. The van der Waals surface area contributed by atoms with Crippen molar-refractivity contribution >= 4 is 11.8 Å². The molecule has 0 aliphatic carbocycles. The Morgan fingerprint density at radius 3 is 2.58 bits per heavy atom. The molecule has 0 aliphatic rings. The summed E-state index contributed by atoms with van der Waals surface area (Å²) in [5, 5.41) is 12.6. The first-order valence-corrected chi connectivity index (χ1v) is 8.37. The lowest BCUT2D eigenvalue weighted by Crippen LogP contribution is -2.00. The Bertz CT molecular complexity index is 845. The molecule has 0 saturated carbocycles. The van der Waals surface area contributed by atoms with Crippen molar-refractivity contribution in [2.45, 2.75) is 24.8 Å². The molecule has 0 bridgehead atoms. The lowest BCUT2D eigenvalue weighted by atomic mass is 10.1. The van der Waals surface area contributed by atoms with Crippen molar-refractivity contribution in [2.24, 2.45) is 0 Å². The molecule has 1 aromatic heterocycles. The summed E-state index contributed by atoms with van der Waals surface area (Å²) in [7, 11) is 1.57. The Labute approximate surface area is 143 Å². The summed E-state index contributed by atoms with van der Waals surface area (Å²) in [5.74, 6) is 0.862. The molecule has 3 aromatic rings. The van der Waals surface area contributed by atoms with E-state index in [0.717, 1.165) is 22.4 Å². The Kier molecular flexibility index (Phi) is 4.80. The Balaban J connectivity index is 1.85. The molecule has 0 saturated heterocycles. The minimum Gasteiger partial charge on any atom is -0.496 e. The van der Waals surface area contributed by atoms with E-state index in [2.05, 4.69) is 21.6 Å². The number of thioether (sulfide) groups is 1. The number of tetrazole rings is 1. The first kappa shape index (κ1) is 16.4. The lowest BCUT2D eigenvalue weighted by Gasteiger charge is -2.09. The molecule has 0 unspecified atom stereocenters. The van der Waals surface area contributed by atoms with Crippen LogP contribution in [0.4, 0.5) is 4.39 Å². The van der Waals surface area contributed by atoms with E-state index in [9.17, 15) is 4.39 Å². The zero-order valence-electron chi connectivity index (χ0n) is 13.7. The van der Waals surface area contributed by atoms with Crippen LogP contribution < -0.4 is 4.74 Å². The van der Waals surface area contributed by atoms with Crippen LogP contribution in [0.3, 0.4) is 0 Å². The average Bonchev–Trinajstić information content (AvgIpc) is 3.00. The SMILES string of the molecule is COc1ccc(F)cc1CSc1nnnn1-c1cc(C)cc(C)c1. The molecule has 0 spiro atoms. The van der Waals surface area contributed by atoms with Gasteiger partial charge in [-0.2, -0.15) is 4.68 Å². The van der Waals surface area contributed by atoms with Crippen LogP contribution in [0.15, 0.2) is 41.6 Å². The van der Waals surface area contributed by atoms with Crippen LogP contribution in [0.5, 0.6) is 5.75 Å². The van der Waals surface area contributed by atoms with Crippen LogP contribution in [-0.4, -0.2) is 27.3 Å². The summed E-state index contributed by atoms with van der Waals surface area (Å²) in [6.45, 7) is 4.07. The van der Waals surface area contributed by atoms with Crippen molar-refractivity contribution in [3.05, 3.63) is 58.9 Å². The second-order valence-corrected chi connectivity index (χ2v) is 6.41. The molecule has 3 rings (SSSR count). The van der Waals surface area contributed by atoms with Crippen LogP contribution in [0.2, 0.25) is 0 Å². The normalized spacial score (nSPS) is 10.8. The fourth-order valence-electron chi connectivity index (χ4n) is 2.51. The third-order valence-electron chi connectivity index (χ3n) is 3.49. The minimum atomic E-state index is -0.291.